The highest BCUT2D eigenvalue weighted by Gasteiger charge is 2.28. The molecule has 0 aliphatic carbocycles. The molecular weight excluding hydrogens is 197 g/mol. The smallest absolute Gasteiger partial charge is 0.410 e. The van der Waals surface area contributed by atoms with E-state index in [1.165, 1.54) is 0 Å². The van der Waals surface area contributed by atoms with Crippen molar-refractivity contribution in [3.63, 3.8) is 0 Å². The second kappa shape index (κ2) is 4.81. The molecule has 4 heteroatoms. The molecule has 0 aromatic rings. The molecule has 0 aromatic heterocycles. The zero-order valence-corrected chi connectivity index (χ0v) is 9.75. The van der Waals surface area contributed by atoms with E-state index in [1.807, 2.05) is 0 Å². The highest BCUT2D eigenvalue weighted by Crippen LogP contribution is 2.19. The van der Waals surface area contributed by atoms with Gasteiger partial charge in [0.1, 0.15) is 12.3 Å². The first-order valence-corrected chi connectivity index (χ1v) is 5.48. The molecule has 1 rings (SSSR count). The topological polar surface area (TPSA) is 29.5 Å². The predicted octanol–water partition coefficient (Wildman–Crippen LogP) is 2.60. The van der Waals surface area contributed by atoms with Gasteiger partial charge in [0.15, 0.2) is 0 Å². The Hall–Kier alpha value is -0.800. The van der Waals surface area contributed by atoms with Crippen LogP contribution in [0.2, 0.25) is 0 Å². The lowest BCUT2D eigenvalue weighted by Crippen LogP contribution is -2.42. The molecule has 0 unspecified atom stereocenters. The molecule has 0 spiro atoms. The zero-order valence-electron chi connectivity index (χ0n) is 9.75. The van der Waals surface area contributed by atoms with E-state index in [0.29, 0.717) is 5.92 Å². The maximum absolute atomic E-state index is 12.5. The van der Waals surface area contributed by atoms with Crippen LogP contribution in [0, 0.1) is 5.92 Å². The van der Waals surface area contributed by atoms with Crippen molar-refractivity contribution in [1.29, 1.82) is 0 Å². The van der Waals surface area contributed by atoms with Crippen molar-refractivity contribution in [2.24, 2.45) is 5.92 Å². The van der Waals surface area contributed by atoms with Crippen LogP contribution in [0.25, 0.3) is 0 Å². The van der Waals surface area contributed by atoms with Crippen molar-refractivity contribution in [2.75, 3.05) is 19.8 Å². The van der Waals surface area contributed by atoms with Crippen LogP contribution in [0.4, 0.5) is 9.18 Å². The summed E-state index contributed by atoms with van der Waals surface area (Å²) in [6.07, 6.45) is 1.63. The molecule has 0 bridgehead atoms. The van der Waals surface area contributed by atoms with Crippen LogP contribution in [-0.4, -0.2) is 36.4 Å². The minimum absolute atomic E-state index is 0.385. The quantitative estimate of drug-likeness (QED) is 0.711. The van der Waals surface area contributed by atoms with E-state index in [1.54, 1.807) is 18.7 Å². The van der Waals surface area contributed by atoms with E-state index >= 15 is 0 Å². The minimum Gasteiger partial charge on any atom is -0.441 e. The molecule has 1 saturated heterocycles. The fraction of sp³-hybridized carbons (Fsp3) is 0.909. The molecule has 88 valence electrons. The van der Waals surface area contributed by atoms with Crippen molar-refractivity contribution in [3.05, 3.63) is 0 Å². The SMILES string of the molecule is CC1CCN(C(=O)OC(C)(C)CF)CC1. The van der Waals surface area contributed by atoms with Gasteiger partial charge in [0.2, 0.25) is 0 Å². The van der Waals surface area contributed by atoms with Gasteiger partial charge in [-0.1, -0.05) is 6.92 Å². The van der Waals surface area contributed by atoms with E-state index in [9.17, 15) is 9.18 Å². The van der Waals surface area contributed by atoms with Gasteiger partial charge in [0.25, 0.3) is 0 Å². The molecule has 3 nitrogen and oxygen atoms in total. The third-order valence-electron chi connectivity index (χ3n) is 2.73. The molecule has 0 radical (unpaired) electrons. The largest absolute Gasteiger partial charge is 0.441 e. The van der Waals surface area contributed by atoms with E-state index in [2.05, 4.69) is 6.92 Å². The Morgan fingerprint density at radius 2 is 2.00 bits per heavy atom. The summed E-state index contributed by atoms with van der Waals surface area (Å²) in [6, 6.07) is 0. The number of halogens is 1. The van der Waals surface area contributed by atoms with Gasteiger partial charge in [-0.3, -0.25) is 0 Å². The Morgan fingerprint density at radius 1 is 1.47 bits per heavy atom. The van der Waals surface area contributed by atoms with Crippen molar-refractivity contribution >= 4 is 6.09 Å². The lowest BCUT2D eigenvalue weighted by atomic mass is 10.00. The van der Waals surface area contributed by atoms with Gasteiger partial charge in [-0.2, -0.15) is 0 Å². The Labute approximate surface area is 90.6 Å². The van der Waals surface area contributed by atoms with Crippen LogP contribution >= 0.6 is 0 Å². The summed E-state index contributed by atoms with van der Waals surface area (Å²) in [5.74, 6) is 0.670. The maximum Gasteiger partial charge on any atom is 0.410 e. The van der Waals surface area contributed by atoms with Gasteiger partial charge in [0, 0.05) is 13.1 Å². The number of carbonyl (C=O) groups is 1. The molecule has 1 amide bonds. The second-order valence-electron chi connectivity index (χ2n) is 4.93. The van der Waals surface area contributed by atoms with Gasteiger partial charge >= 0.3 is 6.09 Å². The molecule has 0 aromatic carbocycles. The number of amides is 1. The average molecular weight is 217 g/mol. The van der Waals surface area contributed by atoms with E-state index in [4.69, 9.17) is 4.74 Å². The molecule has 0 saturated carbocycles. The van der Waals surface area contributed by atoms with E-state index < -0.39 is 12.3 Å². The Bertz CT molecular complexity index is 223. The monoisotopic (exact) mass is 217 g/mol. The van der Waals surface area contributed by atoms with Crippen LogP contribution in [0.15, 0.2) is 0 Å². The van der Waals surface area contributed by atoms with Gasteiger partial charge in [0.05, 0.1) is 0 Å². The summed E-state index contributed by atoms with van der Waals surface area (Å²) < 4.78 is 17.5. The third kappa shape index (κ3) is 3.68. The summed E-state index contributed by atoms with van der Waals surface area (Å²) in [5, 5.41) is 0. The summed E-state index contributed by atoms with van der Waals surface area (Å²) in [5.41, 5.74) is -1.000. The first-order chi connectivity index (χ1) is 6.94. The standard InChI is InChI=1S/C11H20FNO2/c1-9-4-6-13(7-5-9)10(14)15-11(2,3)8-12/h9H,4-8H2,1-3H3. The van der Waals surface area contributed by atoms with Crippen LogP contribution in [0.3, 0.4) is 0 Å². The van der Waals surface area contributed by atoms with Crippen molar-refractivity contribution < 1.29 is 13.9 Å². The zero-order chi connectivity index (χ0) is 11.5. The molecule has 1 fully saturated rings. The highest BCUT2D eigenvalue weighted by molar-refractivity contribution is 5.68. The molecular formula is C11H20FNO2. The van der Waals surface area contributed by atoms with Crippen LogP contribution in [0.5, 0.6) is 0 Å². The first kappa shape index (κ1) is 12.3. The number of piperidine rings is 1. The lowest BCUT2D eigenvalue weighted by Gasteiger charge is -2.32. The summed E-state index contributed by atoms with van der Waals surface area (Å²) >= 11 is 0. The number of likely N-dealkylation sites (tertiary alicyclic amines) is 1. The molecule has 1 aliphatic heterocycles. The maximum atomic E-state index is 12.5. The third-order valence-corrected chi connectivity index (χ3v) is 2.73. The normalized spacial score (nSPS) is 19.1. The summed E-state index contributed by atoms with van der Waals surface area (Å²) in [4.78, 5) is 13.3. The lowest BCUT2D eigenvalue weighted by molar-refractivity contribution is -0.00528. The van der Waals surface area contributed by atoms with Crippen molar-refractivity contribution in [2.45, 2.75) is 39.2 Å². The molecule has 15 heavy (non-hydrogen) atoms. The van der Waals surface area contributed by atoms with Crippen LogP contribution < -0.4 is 0 Å². The molecule has 1 aliphatic rings. The average Bonchev–Trinajstić information content (AvgIpc) is 2.18. The van der Waals surface area contributed by atoms with Gasteiger partial charge in [-0.05, 0) is 32.6 Å². The highest BCUT2D eigenvalue weighted by atomic mass is 19.1. The van der Waals surface area contributed by atoms with E-state index in [-0.39, 0.29) is 6.09 Å². The first-order valence-electron chi connectivity index (χ1n) is 5.48. The van der Waals surface area contributed by atoms with Crippen LogP contribution in [0.1, 0.15) is 33.6 Å². The molecule has 1 heterocycles. The molecule has 0 atom stereocenters. The number of carbonyl (C=O) groups excluding carboxylic acids is 1. The van der Waals surface area contributed by atoms with E-state index in [0.717, 1.165) is 25.9 Å². The predicted molar refractivity (Wildman–Crippen MR) is 56.5 cm³/mol. The van der Waals surface area contributed by atoms with Crippen molar-refractivity contribution in [1.82, 2.24) is 4.90 Å². The number of alkyl halides is 1. The number of ether oxygens (including phenoxy) is 1. The van der Waals surface area contributed by atoms with Gasteiger partial charge < -0.3 is 9.64 Å². The Morgan fingerprint density at radius 3 is 2.47 bits per heavy atom. The minimum atomic E-state index is -1.000. The fourth-order valence-corrected chi connectivity index (χ4v) is 1.52. The molecule has 0 N–H and O–H groups in total. The number of hydrogen-bond donors (Lipinski definition) is 0. The number of nitrogens with zero attached hydrogens (tertiary/aromatic N) is 1. The van der Waals surface area contributed by atoms with Gasteiger partial charge in [-0.15, -0.1) is 0 Å². The van der Waals surface area contributed by atoms with Gasteiger partial charge in [-0.25, -0.2) is 9.18 Å². The van der Waals surface area contributed by atoms with Crippen LogP contribution in [-0.2, 0) is 4.74 Å². The number of hydrogen-bond acceptors (Lipinski definition) is 2. The second-order valence-corrected chi connectivity index (χ2v) is 4.93. The van der Waals surface area contributed by atoms with Crippen molar-refractivity contribution in [3.8, 4) is 0 Å². The number of rotatable bonds is 2. The summed E-state index contributed by atoms with van der Waals surface area (Å²) in [7, 11) is 0. The Balaban J connectivity index is 2.41. The summed E-state index contributed by atoms with van der Waals surface area (Å²) in [6.45, 7) is 6.14. The fourth-order valence-electron chi connectivity index (χ4n) is 1.52. The Kier molecular flexibility index (Phi) is 3.94.